The van der Waals surface area contributed by atoms with Crippen molar-refractivity contribution in [1.82, 2.24) is 9.78 Å². The third-order valence-corrected chi connectivity index (χ3v) is 4.33. The lowest BCUT2D eigenvalue weighted by molar-refractivity contribution is 0.0696. The maximum Gasteiger partial charge on any atom is 0.339 e. The Hall–Kier alpha value is -2.59. The number of aromatic nitrogens is 2. The van der Waals surface area contributed by atoms with Crippen molar-refractivity contribution in [2.75, 3.05) is 0 Å². The second-order valence-corrected chi connectivity index (χ2v) is 6.42. The molecule has 3 aromatic rings. The molecule has 128 valence electrons. The van der Waals surface area contributed by atoms with Crippen LogP contribution in [-0.2, 0) is 6.42 Å². The number of hydrogen-bond acceptors (Lipinski definition) is 2. The molecule has 1 N–H and O–H groups in total. The van der Waals surface area contributed by atoms with Crippen molar-refractivity contribution in [3.63, 3.8) is 0 Å². The SMILES string of the molecule is CCCc1c(C(=O)O)c(-c2ccc(Cl)cc2)nn1-c1ccc(C)cc1. The molecule has 0 aliphatic rings. The Morgan fingerprint density at radius 2 is 1.76 bits per heavy atom. The first-order valence-electron chi connectivity index (χ1n) is 8.19. The van der Waals surface area contributed by atoms with Crippen LogP contribution in [-0.4, -0.2) is 20.9 Å². The van der Waals surface area contributed by atoms with Gasteiger partial charge < -0.3 is 5.11 Å². The minimum absolute atomic E-state index is 0.254. The van der Waals surface area contributed by atoms with Gasteiger partial charge in [0.2, 0.25) is 0 Å². The molecular formula is C20H19ClN2O2. The average Bonchev–Trinajstić information content (AvgIpc) is 2.96. The average molecular weight is 355 g/mol. The summed E-state index contributed by atoms with van der Waals surface area (Å²) in [6.07, 6.45) is 1.47. The Bertz CT molecular complexity index is 897. The van der Waals surface area contributed by atoms with Crippen LogP contribution in [0.25, 0.3) is 16.9 Å². The predicted molar refractivity (Wildman–Crippen MR) is 99.7 cm³/mol. The summed E-state index contributed by atoms with van der Waals surface area (Å²) in [5.41, 5.74) is 4.17. The van der Waals surface area contributed by atoms with Crippen molar-refractivity contribution in [3.8, 4) is 16.9 Å². The summed E-state index contributed by atoms with van der Waals surface area (Å²) in [6.45, 7) is 4.04. The van der Waals surface area contributed by atoms with Crippen LogP contribution in [0.2, 0.25) is 5.02 Å². The molecule has 0 saturated carbocycles. The van der Waals surface area contributed by atoms with Crippen LogP contribution in [0.3, 0.4) is 0 Å². The lowest BCUT2D eigenvalue weighted by Crippen LogP contribution is -2.06. The molecule has 0 fully saturated rings. The highest BCUT2D eigenvalue weighted by Crippen LogP contribution is 2.29. The number of nitrogens with zero attached hydrogens (tertiary/aromatic N) is 2. The van der Waals surface area contributed by atoms with E-state index in [0.717, 1.165) is 23.2 Å². The Balaban J connectivity index is 2.24. The second kappa shape index (κ2) is 7.11. The van der Waals surface area contributed by atoms with E-state index >= 15 is 0 Å². The maximum atomic E-state index is 12.0. The first kappa shape index (κ1) is 17.2. The molecule has 4 nitrogen and oxygen atoms in total. The van der Waals surface area contributed by atoms with Gasteiger partial charge in [-0.25, -0.2) is 9.48 Å². The Morgan fingerprint density at radius 3 is 2.32 bits per heavy atom. The summed E-state index contributed by atoms with van der Waals surface area (Å²) in [5, 5.41) is 15.1. The molecule has 0 atom stereocenters. The summed E-state index contributed by atoms with van der Waals surface area (Å²) in [6, 6.07) is 15.0. The number of carboxylic acids is 1. The van der Waals surface area contributed by atoms with E-state index < -0.39 is 5.97 Å². The first-order valence-corrected chi connectivity index (χ1v) is 8.57. The molecule has 0 aliphatic carbocycles. The van der Waals surface area contributed by atoms with Crippen molar-refractivity contribution in [1.29, 1.82) is 0 Å². The number of halogens is 1. The van der Waals surface area contributed by atoms with Gasteiger partial charge in [0, 0.05) is 10.6 Å². The molecule has 0 saturated heterocycles. The monoisotopic (exact) mass is 354 g/mol. The number of carbonyl (C=O) groups is 1. The zero-order valence-corrected chi connectivity index (χ0v) is 14.9. The number of rotatable bonds is 5. The van der Waals surface area contributed by atoms with Crippen LogP contribution in [0.5, 0.6) is 0 Å². The zero-order chi connectivity index (χ0) is 18.0. The largest absolute Gasteiger partial charge is 0.478 e. The summed E-state index contributed by atoms with van der Waals surface area (Å²) in [5.74, 6) is -0.966. The molecule has 3 rings (SSSR count). The molecule has 0 bridgehead atoms. The fourth-order valence-corrected chi connectivity index (χ4v) is 2.98. The molecule has 1 heterocycles. The predicted octanol–water partition coefficient (Wildman–Crippen LogP) is 5.15. The number of benzene rings is 2. The third kappa shape index (κ3) is 3.44. The van der Waals surface area contributed by atoms with E-state index in [1.807, 2.05) is 38.1 Å². The van der Waals surface area contributed by atoms with Crippen molar-refractivity contribution < 1.29 is 9.90 Å². The molecule has 0 spiro atoms. The highest BCUT2D eigenvalue weighted by atomic mass is 35.5. The molecule has 2 aromatic carbocycles. The molecule has 5 heteroatoms. The summed E-state index contributed by atoms with van der Waals surface area (Å²) >= 11 is 5.96. The number of aromatic carboxylic acids is 1. The van der Waals surface area contributed by atoms with Crippen molar-refractivity contribution in [2.24, 2.45) is 0 Å². The molecule has 0 amide bonds. The van der Waals surface area contributed by atoms with Gasteiger partial charge in [-0.05, 0) is 37.6 Å². The quantitative estimate of drug-likeness (QED) is 0.689. The van der Waals surface area contributed by atoms with Crippen LogP contribution >= 0.6 is 11.6 Å². The van der Waals surface area contributed by atoms with E-state index in [1.54, 1.807) is 28.9 Å². The number of aryl methyl sites for hydroxylation is 1. The van der Waals surface area contributed by atoms with E-state index in [0.29, 0.717) is 22.8 Å². The summed E-state index contributed by atoms with van der Waals surface area (Å²) < 4.78 is 1.75. The van der Waals surface area contributed by atoms with Crippen molar-refractivity contribution in [2.45, 2.75) is 26.7 Å². The number of carboxylic acid groups (broad SMARTS) is 1. The fourth-order valence-electron chi connectivity index (χ4n) is 2.85. The third-order valence-electron chi connectivity index (χ3n) is 4.08. The Kier molecular flexibility index (Phi) is 4.91. The molecule has 0 aliphatic heterocycles. The lowest BCUT2D eigenvalue weighted by atomic mass is 10.0. The van der Waals surface area contributed by atoms with E-state index in [4.69, 9.17) is 11.6 Å². The topological polar surface area (TPSA) is 55.1 Å². The van der Waals surface area contributed by atoms with Crippen LogP contribution in [0.4, 0.5) is 0 Å². The van der Waals surface area contributed by atoms with Crippen LogP contribution < -0.4 is 0 Å². The van der Waals surface area contributed by atoms with Gasteiger partial charge in [-0.15, -0.1) is 0 Å². The molecule has 25 heavy (non-hydrogen) atoms. The van der Waals surface area contributed by atoms with E-state index in [-0.39, 0.29) is 5.56 Å². The molecular weight excluding hydrogens is 336 g/mol. The van der Waals surface area contributed by atoms with Crippen molar-refractivity contribution in [3.05, 3.63) is 70.4 Å². The molecule has 0 unspecified atom stereocenters. The normalized spacial score (nSPS) is 10.8. The van der Waals surface area contributed by atoms with Gasteiger partial charge in [0.05, 0.1) is 11.4 Å². The van der Waals surface area contributed by atoms with Crippen LogP contribution in [0.15, 0.2) is 48.5 Å². The second-order valence-electron chi connectivity index (χ2n) is 5.98. The van der Waals surface area contributed by atoms with Crippen LogP contribution in [0.1, 0.15) is 35.0 Å². The lowest BCUT2D eigenvalue weighted by Gasteiger charge is -2.07. The highest BCUT2D eigenvalue weighted by molar-refractivity contribution is 6.30. The summed E-state index contributed by atoms with van der Waals surface area (Å²) in [4.78, 5) is 12.0. The Morgan fingerprint density at radius 1 is 1.12 bits per heavy atom. The van der Waals surface area contributed by atoms with Crippen molar-refractivity contribution >= 4 is 17.6 Å². The van der Waals surface area contributed by atoms with Gasteiger partial charge in [-0.1, -0.05) is 54.8 Å². The Labute approximate surface area is 151 Å². The molecule has 1 aromatic heterocycles. The smallest absolute Gasteiger partial charge is 0.339 e. The van der Waals surface area contributed by atoms with E-state index in [1.165, 1.54) is 0 Å². The van der Waals surface area contributed by atoms with Crippen LogP contribution in [0, 0.1) is 6.92 Å². The number of hydrogen-bond donors (Lipinski definition) is 1. The van der Waals surface area contributed by atoms with Gasteiger partial charge in [0.1, 0.15) is 11.3 Å². The minimum Gasteiger partial charge on any atom is -0.478 e. The van der Waals surface area contributed by atoms with Gasteiger partial charge in [-0.3, -0.25) is 0 Å². The first-order chi connectivity index (χ1) is 12.0. The van der Waals surface area contributed by atoms with E-state index in [2.05, 4.69) is 5.10 Å². The van der Waals surface area contributed by atoms with Gasteiger partial charge >= 0.3 is 5.97 Å². The fraction of sp³-hybridized carbons (Fsp3) is 0.200. The highest BCUT2D eigenvalue weighted by Gasteiger charge is 2.24. The molecule has 0 radical (unpaired) electrons. The van der Waals surface area contributed by atoms with Gasteiger partial charge in [-0.2, -0.15) is 5.10 Å². The standard InChI is InChI=1S/C20H19ClN2O2/c1-3-4-17-18(20(24)25)19(14-7-9-15(21)10-8-14)22-23(17)16-11-5-13(2)6-12-16/h5-12H,3-4H2,1-2H3,(H,24,25). The van der Waals surface area contributed by atoms with E-state index in [9.17, 15) is 9.90 Å². The van der Waals surface area contributed by atoms with Gasteiger partial charge in [0.15, 0.2) is 0 Å². The summed E-state index contributed by atoms with van der Waals surface area (Å²) in [7, 11) is 0. The zero-order valence-electron chi connectivity index (χ0n) is 14.2. The van der Waals surface area contributed by atoms with Gasteiger partial charge in [0.25, 0.3) is 0 Å². The maximum absolute atomic E-state index is 12.0. The minimum atomic E-state index is -0.966.